The molecule has 0 bridgehead atoms. The number of H-pyrrole nitrogens is 1. The van der Waals surface area contributed by atoms with Crippen LogP contribution in [0.3, 0.4) is 0 Å². The highest BCUT2D eigenvalue weighted by Gasteiger charge is 1.89. The van der Waals surface area contributed by atoms with Gasteiger partial charge in [-0.1, -0.05) is 0 Å². The molecule has 0 saturated heterocycles. The van der Waals surface area contributed by atoms with Gasteiger partial charge in [0.2, 0.25) is 0 Å². The SMILES string of the molecule is O=c1nccc(NNCCO)[nH]1. The summed E-state index contributed by atoms with van der Waals surface area (Å²) in [6.45, 7) is 0.437. The van der Waals surface area contributed by atoms with E-state index < -0.39 is 5.69 Å². The zero-order valence-corrected chi connectivity index (χ0v) is 6.37. The summed E-state index contributed by atoms with van der Waals surface area (Å²) in [6, 6.07) is 1.60. The predicted octanol–water partition coefficient (Wildman–Crippen LogP) is -1.32. The Morgan fingerprint density at radius 1 is 1.67 bits per heavy atom. The first-order valence-corrected chi connectivity index (χ1v) is 3.48. The number of hydrogen-bond donors (Lipinski definition) is 4. The van der Waals surface area contributed by atoms with E-state index in [0.29, 0.717) is 12.4 Å². The lowest BCUT2D eigenvalue weighted by Gasteiger charge is -2.04. The largest absolute Gasteiger partial charge is 0.395 e. The normalized spacial score (nSPS) is 9.75. The van der Waals surface area contributed by atoms with Gasteiger partial charge in [0.05, 0.1) is 6.61 Å². The van der Waals surface area contributed by atoms with E-state index in [1.54, 1.807) is 6.07 Å². The van der Waals surface area contributed by atoms with Gasteiger partial charge in [-0.05, 0) is 6.07 Å². The zero-order chi connectivity index (χ0) is 8.81. The molecule has 4 N–H and O–H groups in total. The molecule has 0 aliphatic rings. The fourth-order valence-corrected chi connectivity index (χ4v) is 0.655. The minimum Gasteiger partial charge on any atom is -0.395 e. The summed E-state index contributed by atoms with van der Waals surface area (Å²) in [4.78, 5) is 16.5. The Morgan fingerprint density at radius 3 is 3.17 bits per heavy atom. The monoisotopic (exact) mass is 170 g/mol. The van der Waals surface area contributed by atoms with Crippen LogP contribution in [0.15, 0.2) is 17.1 Å². The van der Waals surface area contributed by atoms with E-state index in [1.165, 1.54) is 6.20 Å². The van der Waals surface area contributed by atoms with Crippen LogP contribution in [0.5, 0.6) is 0 Å². The highest BCUT2D eigenvalue weighted by molar-refractivity contribution is 5.29. The van der Waals surface area contributed by atoms with Crippen molar-refractivity contribution in [2.24, 2.45) is 0 Å². The lowest BCUT2D eigenvalue weighted by atomic mass is 10.6. The van der Waals surface area contributed by atoms with E-state index in [0.717, 1.165) is 0 Å². The number of nitrogens with zero attached hydrogens (tertiary/aromatic N) is 1. The number of hydrazine groups is 1. The second-order valence-electron chi connectivity index (χ2n) is 2.06. The van der Waals surface area contributed by atoms with E-state index in [4.69, 9.17) is 5.11 Å². The number of aliphatic hydroxyl groups excluding tert-OH is 1. The summed E-state index contributed by atoms with van der Waals surface area (Å²) in [5.74, 6) is 0.517. The Kier molecular flexibility index (Phi) is 3.24. The number of aromatic nitrogens is 2. The lowest BCUT2D eigenvalue weighted by Crippen LogP contribution is -2.26. The van der Waals surface area contributed by atoms with Crippen LogP contribution < -0.4 is 16.5 Å². The minimum atomic E-state index is -0.411. The van der Waals surface area contributed by atoms with Gasteiger partial charge < -0.3 is 10.5 Å². The van der Waals surface area contributed by atoms with Gasteiger partial charge >= 0.3 is 5.69 Å². The van der Waals surface area contributed by atoms with Crippen LogP contribution in [0, 0.1) is 0 Å². The molecule has 0 spiro atoms. The first-order chi connectivity index (χ1) is 5.83. The fourth-order valence-electron chi connectivity index (χ4n) is 0.655. The third-order valence-electron chi connectivity index (χ3n) is 1.13. The molecule has 0 atom stereocenters. The number of anilines is 1. The summed E-state index contributed by atoms with van der Waals surface area (Å²) >= 11 is 0. The molecule has 0 amide bonds. The van der Waals surface area contributed by atoms with Gasteiger partial charge in [0.1, 0.15) is 5.82 Å². The molecule has 0 aromatic carbocycles. The number of hydrogen-bond acceptors (Lipinski definition) is 5. The van der Waals surface area contributed by atoms with Crippen LogP contribution in [0.25, 0.3) is 0 Å². The Hall–Kier alpha value is -1.40. The Balaban J connectivity index is 2.47. The van der Waals surface area contributed by atoms with Gasteiger partial charge in [-0.15, -0.1) is 0 Å². The molecule has 1 aromatic heterocycles. The zero-order valence-electron chi connectivity index (χ0n) is 6.37. The molecule has 0 unspecified atom stereocenters. The standard InChI is InChI=1S/C6H10N4O2/c11-4-3-8-10-5-1-2-7-6(12)9-5/h1-2,8,11H,3-4H2,(H2,7,9,10,12). The average molecular weight is 170 g/mol. The van der Waals surface area contributed by atoms with Crippen molar-refractivity contribution in [3.63, 3.8) is 0 Å². The van der Waals surface area contributed by atoms with E-state index in [2.05, 4.69) is 20.8 Å². The number of aromatic amines is 1. The first kappa shape index (κ1) is 8.69. The van der Waals surface area contributed by atoms with E-state index in [1.807, 2.05) is 0 Å². The van der Waals surface area contributed by atoms with E-state index in [-0.39, 0.29) is 6.61 Å². The molecular formula is C6H10N4O2. The first-order valence-electron chi connectivity index (χ1n) is 3.48. The molecule has 0 radical (unpaired) electrons. The van der Waals surface area contributed by atoms with Crippen LogP contribution in [0.1, 0.15) is 0 Å². The Labute approximate surface area is 68.6 Å². The molecular weight excluding hydrogens is 160 g/mol. The Bertz CT molecular complexity index is 285. The molecule has 0 saturated carbocycles. The van der Waals surface area contributed by atoms with Crippen molar-refractivity contribution in [3.05, 3.63) is 22.7 Å². The van der Waals surface area contributed by atoms with Crippen molar-refractivity contribution in [2.45, 2.75) is 0 Å². The summed E-state index contributed by atoms with van der Waals surface area (Å²) in [5.41, 5.74) is 4.95. The molecule has 12 heavy (non-hydrogen) atoms. The van der Waals surface area contributed by atoms with Crippen molar-refractivity contribution in [1.29, 1.82) is 0 Å². The lowest BCUT2D eigenvalue weighted by molar-refractivity contribution is 0.296. The van der Waals surface area contributed by atoms with Crippen molar-refractivity contribution in [1.82, 2.24) is 15.4 Å². The van der Waals surface area contributed by atoms with Crippen LogP contribution in [-0.2, 0) is 0 Å². The van der Waals surface area contributed by atoms with Crippen LogP contribution in [0.4, 0.5) is 5.82 Å². The van der Waals surface area contributed by atoms with Gasteiger partial charge in [0.15, 0.2) is 0 Å². The summed E-state index contributed by atoms with van der Waals surface area (Å²) < 4.78 is 0. The number of aliphatic hydroxyl groups is 1. The minimum absolute atomic E-state index is 0.0301. The quantitative estimate of drug-likeness (QED) is 0.332. The molecule has 6 nitrogen and oxygen atoms in total. The van der Waals surface area contributed by atoms with Crippen molar-refractivity contribution in [3.8, 4) is 0 Å². The van der Waals surface area contributed by atoms with Gasteiger partial charge in [-0.2, -0.15) is 0 Å². The van der Waals surface area contributed by atoms with Crippen molar-refractivity contribution < 1.29 is 5.11 Å². The fraction of sp³-hybridized carbons (Fsp3) is 0.333. The molecule has 6 heteroatoms. The molecule has 1 aromatic rings. The van der Waals surface area contributed by atoms with Crippen molar-refractivity contribution in [2.75, 3.05) is 18.6 Å². The average Bonchev–Trinajstić information content (AvgIpc) is 2.05. The smallest absolute Gasteiger partial charge is 0.346 e. The number of nitrogens with one attached hydrogen (secondary N) is 3. The van der Waals surface area contributed by atoms with E-state index in [9.17, 15) is 4.79 Å². The van der Waals surface area contributed by atoms with Crippen LogP contribution in [0.2, 0.25) is 0 Å². The summed E-state index contributed by atoms with van der Waals surface area (Å²) in [5, 5.41) is 8.41. The third kappa shape index (κ3) is 2.69. The van der Waals surface area contributed by atoms with Gasteiger partial charge in [-0.25, -0.2) is 15.2 Å². The van der Waals surface area contributed by atoms with Crippen LogP contribution >= 0.6 is 0 Å². The highest BCUT2D eigenvalue weighted by atomic mass is 16.3. The number of rotatable bonds is 4. The third-order valence-corrected chi connectivity index (χ3v) is 1.13. The predicted molar refractivity (Wildman–Crippen MR) is 43.6 cm³/mol. The maximum Gasteiger partial charge on any atom is 0.346 e. The van der Waals surface area contributed by atoms with Gasteiger partial charge in [0, 0.05) is 12.7 Å². The highest BCUT2D eigenvalue weighted by Crippen LogP contribution is 1.91. The van der Waals surface area contributed by atoms with Crippen LogP contribution in [-0.4, -0.2) is 28.2 Å². The summed E-state index contributed by atoms with van der Waals surface area (Å²) in [6.07, 6.45) is 1.39. The Morgan fingerprint density at radius 2 is 2.50 bits per heavy atom. The molecule has 0 aliphatic heterocycles. The molecule has 0 fully saturated rings. The maximum absolute atomic E-state index is 10.6. The maximum atomic E-state index is 10.6. The van der Waals surface area contributed by atoms with Gasteiger partial charge in [-0.3, -0.25) is 4.98 Å². The summed E-state index contributed by atoms with van der Waals surface area (Å²) in [7, 11) is 0. The molecule has 66 valence electrons. The molecule has 1 rings (SSSR count). The van der Waals surface area contributed by atoms with E-state index >= 15 is 0 Å². The molecule has 1 heterocycles. The topological polar surface area (TPSA) is 90.0 Å². The second-order valence-corrected chi connectivity index (χ2v) is 2.06. The van der Waals surface area contributed by atoms with Gasteiger partial charge in [0.25, 0.3) is 0 Å². The molecule has 0 aliphatic carbocycles. The second kappa shape index (κ2) is 4.47. The van der Waals surface area contributed by atoms with Crippen molar-refractivity contribution >= 4 is 5.82 Å².